The van der Waals surface area contributed by atoms with Crippen LogP contribution in [0.15, 0.2) is 30.3 Å². The fourth-order valence-electron chi connectivity index (χ4n) is 3.91. The molecule has 0 bridgehead atoms. The average Bonchev–Trinajstić information content (AvgIpc) is 2.33. The van der Waals surface area contributed by atoms with Gasteiger partial charge in [-0.15, -0.1) is 0 Å². The van der Waals surface area contributed by atoms with Crippen molar-refractivity contribution < 1.29 is 9.59 Å². The molecule has 1 aliphatic heterocycles. The molecule has 1 unspecified atom stereocenters. The maximum absolute atomic E-state index is 12.2. The normalized spacial score (nSPS) is 33.9. The summed E-state index contributed by atoms with van der Waals surface area (Å²) in [5, 5.41) is 2.51. The molecule has 19 heavy (non-hydrogen) atoms. The van der Waals surface area contributed by atoms with Gasteiger partial charge in [0.05, 0.1) is 0 Å². The van der Waals surface area contributed by atoms with E-state index in [0.717, 1.165) is 19.3 Å². The zero-order chi connectivity index (χ0) is 13.5. The van der Waals surface area contributed by atoms with Gasteiger partial charge in [0, 0.05) is 12.3 Å². The van der Waals surface area contributed by atoms with E-state index in [2.05, 4.69) is 24.4 Å². The Morgan fingerprint density at radius 2 is 1.89 bits per heavy atom. The lowest BCUT2D eigenvalue weighted by Gasteiger charge is -2.52. The number of benzene rings is 1. The van der Waals surface area contributed by atoms with E-state index in [1.807, 2.05) is 18.2 Å². The minimum Gasteiger partial charge on any atom is -0.296 e. The van der Waals surface area contributed by atoms with E-state index < -0.39 is 0 Å². The van der Waals surface area contributed by atoms with Crippen molar-refractivity contribution in [1.82, 2.24) is 5.32 Å². The van der Waals surface area contributed by atoms with Gasteiger partial charge in [-0.3, -0.25) is 14.9 Å². The number of imide groups is 1. The molecule has 2 amide bonds. The Bertz CT molecular complexity index is 503. The van der Waals surface area contributed by atoms with Gasteiger partial charge in [-0.2, -0.15) is 0 Å². The zero-order valence-corrected chi connectivity index (χ0v) is 11.2. The van der Waals surface area contributed by atoms with Crippen molar-refractivity contribution in [2.24, 2.45) is 17.3 Å². The fourth-order valence-corrected chi connectivity index (χ4v) is 3.91. The van der Waals surface area contributed by atoms with E-state index >= 15 is 0 Å². The van der Waals surface area contributed by atoms with Gasteiger partial charge in [-0.25, -0.2) is 0 Å². The molecule has 0 radical (unpaired) electrons. The Morgan fingerprint density at radius 1 is 1.21 bits per heavy atom. The van der Waals surface area contributed by atoms with Gasteiger partial charge in [0.25, 0.3) is 0 Å². The maximum atomic E-state index is 12.2. The molecule has 3 rings (SSSR count). The van der Waals surface area contributed by atoms with Crippen LogP contribution in [0, 0.1) is 17.3 Å². The van der Waals surface area contributed by atoms with E-state index in [1.165, 1.54) is 5.56 Å². The number of hydrogen-bond donors (Lipinski definition) is 1. The number of rotatable bonds is 2. The lowest BCUT2D eigenvalue weighted by atomic mass is 9.52. The molecule has 100 valence electrons. The lowest BCUT2D eigenvalue weighted by Crippen LogP contribution is -2.57. The second-order valence-electron chi connectivity index (χ2n) is 6.21. The molecular weight excluding hydrogens is 238 g/mol. The maximum Gasteiger partial charge on any atom is 0.230 e. The Kier molecular flexibility index (Phi) is 2.92. The molecular formula is C16H19NO2. The Morgan fingerprint density at radius 3 is 2.53 bits per heavy atom. The van der Waals surface area contributed by atoms with Crippen molar-refractivity contribution in [3.63, 3.8) is 0 Å². The highest BCUT2D eigenvalue weighted by Gasteiger charge is 2.54. The molecule has 1 saturated carbocycles. The first kappa shape index (κ1) is 12.4. The largest absolute Gasteiger partial charge is 0.296 e. The van der Waals surface area contributed by atoms with Gasteiger partial charge >= 0.3 is 0 Å². The van der Waals surface area contributed by atoms with Crippen LogP contribution in [0.4, 0.5) is 0 Å². The summed E-state index contributed by atoms with van der Waals surface area (Å²) in [5.41, 5.74) is 1.10. The highest BCUT2D eigenvalue weighted by Crippen LogP contribution is 2.55. The molecule has 1 aromatic carbocycles. The highest BCUT2D eigenvalue weighted by atomic mass is 16.2. The Hall–Kier alpha value is -1.64. The minimum atomic E-state index is -0.0961. The van der Waals surface area contributed by atoms with E-state index in [9.17, 15) is 9.59 Å². The first-order valence-electron chi connectivity index (χ1n) is 6.97. The Balaban J connectivity index is 1.84. The summed E-state index contributed by atoms with van der Waals surface area (Å²) in [6.07, 6.45) is 3.26. The summed E-state index contributed by atoms with van der Waals surface area (Å²) in [7, 11) is 0. The molecule has 1 aromatic rings. The fraction of sp³-hybridized carbons (Fsp3) is 0.500. The van der Waals surface area contributed by atoms with Crippen molar-refractivity contribution in [2.75, 3.05) is 0 Å². The standard InChI is InChI=1S/C16H19NO2/c1-11-8-16(9-11)10-14(18)17-15(19)13(16)7-12-5-3-2-4-6-12/h2-6,11,13H,7-10H2,1H3,(H,17,18,19). The van der Waals surface area contributed by atoms with Gasteiger partial charge in [0.2, 0.25) is 11.8 Å². The van der Waals surface area contributed by atoms with Crippen molar-refractivity contribution in [1.29, 1.82) is 0 Å². The molecule has 2 fully saturated rings. The molecule has 1 saturated heterocycles. The van der Waals surface area contributed by atoms with Crippen LogP contribution < -0.4 is 5.32 Å². The van der Waals surface area contributed by atoms with Gasteiger partial charge in [-0.05, 0) is 36.2 Å². The van der Waals surface area contributed by atoms with Crippen LogP contribution in [0.5, 0.6) is 0 Å². The molecule has 1 atom stereocenters. The number of amides is 2. The summed E-state index contributed by atoms with van der Waals surface area (Å²) >= 11 is 0. The molecule has 3 heteroatoms. The molecule has 1 aliphatic carbocycles. The summed E-state index contributed by atoms with van der Waals surface area (Å²) in [5.74, 6) is 0.411. The van der Waals surface area contributed by atoms with Crippen molar-refractivity contribution in [3.05, 3.63) is 35.9 Å². The number of hydrogen-bond acceptors (Lipinski definition) is 2. The monoisotopic (exact) mass is 257 g/mol. The quantitative estimate of drug-likeness (QED) is 0.826. The smallest absolute Gasteiger partial charge is 0.230 e. The van der Waals surface area contributed by atoms with Gasteiger partial charge in [0.1, 0.15) is 0 Å². The predicted molar refractivity (Wildman–Crippen MR) is 72.2 cm³/mol. The van der Waals surface area contributed by atoms with Crippen LogP contribution in [0.25, 0.3) is 0 Å². The third-order valence-corrected chi connectivity index (χ3v) is 4.62. The molecule has 1 spiro atoms. The number of carbonyl (C=O) groups excluding carboxylic acids is 2. The average molecular weight is 257 g/mol. The number of piperidine rings is 1. The van der Waals surface area contributed by atoms with Crippen LogP contribution >= 0.6 is 0 Å². The minimum absolute atomic E-state index is 0.0520. The van der Waals surface area contributed by atoms with E-state index in [1.54, 1.807) is 0 Å². The van der Waals surface area contributed by atoms with Crippen LogP contribution in [-0.2, 0) is 16.0 Å². The van der Waals surface area contributed by atoms with Crippen molar-refractivity contribution in [2.45, 2.75) is 32.6 Å². The lowest BCUT2D eigenvalue weighted by molar-refractivity contribution is -0.151. The second kappa shape index (κ2) is 4.48. The van der Waals surface area contributed by atoms with E-state index in [-0.39, 0.29) is 23.1 Å². The summed E-state index contributed by atoms with van der Waals surface area (Å²) in [6, 6.07) is 10.1. The second-order valence-corrected chi connectivity index (χ2v) is 6.21. The topological polar surface area (TPSA) is 46.2 Å². The SMILES string of the molecule is CC1CC2(CC(=O)NC(=O)C2Cc2ccccc2)C1. The van der Waals surface area contributed by atoms with Crippen LogP contribution in [0.3, 0.4) is 0 Å². The third kappa shape index (κ3) is 2.18. The van der Waals surface area contributed by atoms with Gasteiger partial charge in [0.15, 0.2) is 0 Å². The van der Waals surface area contributed by atoms with Crippen molar-refractivity contribution in [3.8, 4) is 0 Å². The molecule has 3 nitrogen and oxygen atoms in total. The molecule has 1 heterocycles. The van der Waals surface area contributed by atoms with Crippen LogP contribution in [-0.4, -0.2) is 11.8 Å². The Labute approximate surface area is 113 Å². The summed E-state index contributed by atoms with van der Waals surface area (Å²) < 4.78 is 0. The van der Waals surface area contributed by atoms with Crippen LogP contribution in [0.2, 0.25) is 0 Å². The van der Waals surface area contributed by atoms with Gasteiger partial charge in [-0.1, -0.05) is 37.3 Å². The summed E-state index contributed by atoms with van der Waals surface area (Å²) in [6.45, 7) is 2.20. The predicted octanol–water partition coefficient (Wildman–Crippen LogP) is 2.31. The highest BCUT2D eigenvalue weighted by molar-refractivity contribution is 6.00. The van der Waals surface area contributed by atoms with E-state index in [0.29, 0.717) is 12.3 Å². The first-order valence-corrected chi connectivity index (χ1v) is 6.97. The van der Waals surface area contributed by atoms with Gasteiger partial charge < -0.3 is 0 Å². The molecule has 0 aromatic heterocycles. The molecule has 1 N–H and O–H groups in total. The van der Waals surface area contributed by atoms with Crippen LogP contribution in [0.1, 0.15) is 31.7 Å². The first-order chi connectivity index (χ1) is 9.09. The zero-order valence-electron chi connectivity index (χ0n) is 11.2. The number of nitrogens with one attached hydrogen (secondary N) is 1. The number of carbonyl (C=O) groups is 2. The van der Waals surface area contributed by atoms with E-state index in [4.69, 9.17) is 0 Å². The molecule has 2 aliphatic rings. The van der Waals surface area contributed by atoms with Crippen molar-refractivity contribution >= 4 is 11.8 Å². The summed E-state index contributed by atoms with van der Waals surface area (Å²) in [4.78, 5) is 23.8. The third-order valence-electron chi connectivity index (χ3n) is 4.62.